The third-order valence-electron chi connectivity index (χ3n) is 5.57. The van der Waals surface area contributed by atoms with Crippen molar-refractivity contribution >= 4 is 24.3 Å². The van der Waals surface area contributed by atoms with Crippen molar-refractivity contribution < 1.29 is 28.7 Å². The van der Waals surface area contributed by atoms with Gasteiger partial charge in [-0.15, -0.1) is 0 Å². The summed E-state index contributed by atoms with van der Waals surface area (Å²) in [5.74, 6) is -0.996. The lowest BCUT2D eigenvalue weighted by Gasteiger charge is -2.34. The second kappa shape index (κ2) is 9.49. The lowest BCUT2D eigenvalue weighted by molar-refractivity contribution is -0.156. The van der Waals surface area contributed by atoms with Crippen LogP contribution in [0.4, 0.5) is 4.79 Å². The van der Waals surface area contributed by atoms with E-state index in [0.717, 1.165) is 24.8 Å². The van der Waals surface area contributed by atoms with Crippen molar-refractivity contribution in [2.45, 2.75) is 76.8 Å². The highest BCUT2D eigenvalue weighted by Crippen LogP contribution is 2.43. The normalized spacial score (nSPS) is 23.2. The summed E-state index contributed by atoms with van der Waals surface area (Å²) in [6, 6.07) is 7.56. The van der Waals surface area contributed by atoms with Crippen LogP contribution >= 0.6 is 0 Å². The first-order valence-electron chi connectivity index (χ1n) is 10.6. The minimum atomic E-state index is -1.01. The Kier molecular flexibility index (Phi) is 6.97. The number of ether oxygens (including phenoxy) is 2. The van der Waals surface area contributed by atoms with Gasteiger partial charge in [0.15, 0.2) is 0 Å². The number of rotatable bonds is 7. The molecule has 2 aliphatic rings. The van der Waals surface area contributed by atoms with Crippen LogP contribution in [0.2, 0.25) is 0 Å². The molecule has 2 fully saturated rings. The molecule has 1 unspecified atom stereocenters. The zero-order valence-electron chi connectivity index (χ0n) is 18.2. The zero-order valence-corrected chi connectivity index (χ0v) is 18.2. The maximum absolute atomic E-state index is 13.0. The van der Waals surface area contributed by atoms with Crippen LogP contribution in [0.25, 0.3) is 0 Å². The number of amides is 2. The highest BCUT2D eigenvalue weighted by molar-refractivity contribution is 5.90. The van der Waals surface area contributed by atoms with Crippen molar-refractivity contribution in [1.29, 1.82) is 0 Å². The number of carbonyl (C=O) groups is 4. The van der Waals surface area contributed by atoms with Crippen molar-refractivity contribution in [2.75, 3.05) is 0 Å². The van der Waals surface area contributed by atoms with Crippen molar-refractivity contribution in [3.05, 3.63) is 35.9 Å². The molecule has 2 bridgehead atoms. The minimum Gasteiger partial charge on any atom is -0.460 e. The highest BCUT2D eigenvalue weighted by atomic mass is 16.6. The molecule has 1 aliphatic carbocycles. The molecule has 4 atom stereocenters. The first-order valence-corrected chi connectivity index (χ1v) is 10.6. The number of piperidine rings is 1. The van der Waals surface area contributed by atoms with E-state index in [1.54, 1.807) is 20.8 Å². The van der Waals surface area contributed by atoms with Crippen molar-refractivity contribution in [1.82, 2.24) is 10.2 Å². The molecule has 0 spiro atoms. The molecule has 0 aromatic heterocycles. The second-order valence-corrected chi connectivity index (χ2v) is 9.16. The summed E-state index contributed by atoms with van der Waals surface area (Å²) >= 11 is 0. The first-order chi connectivity index (χ1) is 14.7. The number of carbonyl (C=O) groups excluding carboxylic acids is 4. The third kappa shape index (κ3) is 5.83. The van der Waals surface area contributed by atoms with E-state index in [2.05, 4.69) is 5.32 Å². The molecule has 1 aliphatic heterocycles. The Hall–Kier alpha value is -2.90. The summed E-state index contributed by atoms with van der Waals surface area (Å²) in [5.41, 5.74) is 0.179. The van der Waals surface area contributed by atoms with Gasteiger partial charge in [0.1, 0.15) is 24.5 Å². The predicted octanol–water partition coefficient (Wildman–Crippen LogP) is 2.59. The molecule has 2 amide bonds. The van der Waals surface area contributed by atoms with E-state index < -0.39 is 35.7 Å². The van der Waals surface area contributed by atoms with E-state index in [1.807, 2.05) is 30.3 Å². The summed E-state index contributed by atoms with van der Waals surface area (Å²) in [6.07, 6.45) is 2.12. The Balaban J connectivity index is 1.62. The van der Waals surface area contributed by atoms with Crippen LogP contribution in [0.5, 0.6) is 0 Å². The maximum Gasteiger partial charge on any atom is 0.411 e. The number of nitrogens with one attached hydrogen (secondary N) is 1. The number of aldehydes is 1. The van der Waals surface area contributed by atoms with Crippen LogP contribution in [0.15, 0.2) is 30.3 Å². The van der Waals surface area contributed by atoms with Gasteiger partial charge in [0.25, 0.3) is 0 Å². The molecule has 1 N–H and O–H groups in total. The van der Waals surface area contributed by atoms with Crippen molar-refractivity contribution in [3.63, 3.8) is 0 Å². The third-order valence-corrected chi connectivity index (χ3v) is 5.57. The molecular weight excluding hydrogens is 400 g/mol. The zero-order chi connectivity index (χ0) is 22.6. The molecule has 168 valence electrons. The average Bonchev–Trinajstić information content (AvgIpc) is 3.32. The van der Waals surface area contributed by atoms with Crippen LogP contribution in [0.1, 0.15) is 52.0 Å². The standard InChI is InChI=1S/C23H30N2O6/c1-23(2,3)31-19(27)12-17(13-26)24-21(28)20-16-9-10-18(11-16)25(20)22(29)30-14-15-7-5-4-6-8-15/h4-8,13,16-18,20H,9-12,14H2,1-3H3,(H,24,28)/t16-,17-,18?,20-/m0/s1. The topological polar surface area (TPSA) is 102 Å². The number of hydrogen-bond donors (Lipinski definition) is 1. The summed E-state index contributed by atoms with van der Waals surface area (Å²) in [7, 11) is 0. The fourth-order valence-electron chi connectivity index (χ4n) is 4.35. The van der Waals surface area contributed by atoms with Gasteiger partial charge in [0.05, 0.1) is 12.5 Å². The summed E-state index contributed by atoms with van der Waals surface area (Å²) < 4.78 is 10.7. The highest BCUT2D eigenvalue weighted by Gasteiger charge is 2.52. The van der Waals surface area contributed by atoms with Crippen LogP contribution in [0, 0.1) is 5.92 Å². The lowest BCUT2D eigenvalue weighted by Crippen LogP contribution is -2.55. The molecular formula is C23H30N2O6. The Bertz CT molecular complexity index is 819. The lowest BCUT2D eigenvalue weighted by atomic mass is 9.97. The number of likely N-dealkylation sites (tertiary alicyclic amines) is 1. The molecule has 8 heteroatoms. The van der Waals surface area contributed by atoms with Crippen LogP contribution in [0.3, 0.4) is 0 Å². The van der Waals surface area contributed by atoms with E-state index in [-0.39, 0.29) is 25.0 Å². The van der Waals surface area contributed by atoms with Gasteiger partial charge in [0, 0.05) is 6.04 Å². The summed E-state index contributed by atoms with van der Waals surface area (Å²) in [5, 5.41) is 2.61. The van der Waals surface area contributed by atoms with E-state index in [4.69, 9.17) is 9.47 Å². The van der Waals surface area contributed by atoms with Gasteiger partial charge in [0.2, 0.25) is 5.91 Å². The molecule has 31 heavy (non-hydrogen) atoms. The number of hydrogen-bond acceptors (Lipinski definition) is 6. The molecule has 8 nitrogen and oxygen atoms in total. The van der Waals surface area contributed by atoms with E-state index in [0.29, 0.717) is 6.29 Å². The van der Waals surface area contributed by atoms with Crippen LogP contribution < -0.4 is 5.32 Å². The maximum atomic E-state index is 13.0. The Morgan fingerprint density at radius 3 is 2.55 bits per heavy atom. The van der Waals surface area contributed by atoms with Gasteiger partial charge in [-0.25, -0.2) is 4.79 Å². The van der Waals surface area contributed by atoms with Gasteiger partial charge >= 0.3 is 12.1 Å². The quantitative estimate of drug-likeness (QED) is 0.527. The fourth-order valence-corrected chi connectivity index (χ4v) is 4.35. The molecule has 1 aromatic carbocycles. The SMILES string of the molecule is CC(C)(C)OC(=O)C[C@@H](C=O)NC(=O)[C@@H]1[C@H]2CCC(C2)N1C(=O)OCc1ccccc1. The van der Waals surface area contributed by atoms with Crippen molar-refractivity contribution in [3.8, 4) is 0 Å². The predicted molar refractivity (Wildman–Crippen MR) is 112 cm³/mol. The first kappa shape index (κ1) is 22.8. The molecule has 1 aromatic rings. The number of fused-ring (bicyclic) bond motifs is 2. The van der Waals surface area contributed by atoms with E-state index in [1.165, 1.54) is 4.90 Å². The largest absolute Gasteiger partial charge is 0.460 e. The van der Waals surface area contributed by atoms with Gasteiger partial charge in [-0.05, 0) is 51.5 Å². The molecule has 3 rings (SSSR count). The Morgan fingerprint density at radius 1 is 1.19 bits per heavy atom. The van der Waals surface area contributed by atoms with Crippen LogP contribution in [-0.2, 0) is 30.5 Å². The number of nitrogens with zero attached hydrogens (tertiary/aromatic N) is 1. The van der Waals surface area contributed by atoms with Gasteiger partial charge in [-0.1, -0.05) is 30.3 Å². The number of benzene rings is 1. The second-order valence-electron chi connectivity index (χ2n) is 9.16. The van der Waals surface area contributed by atoms with E-state index >= 15 is 0 Å². The van der Waals surface area contributed by atoms with Gasteiger partial charge in [-0.2, -0.15) is 0 Å². The molecule has 1 heterocycles. The fraction of sp³-hybridized carbons (Fsp3) is 0.565. The van der Waals surface area contributed by atoms with Crippen LogP contribution in [-0.4, -0.2) is 52.9 Å². The van der Waals surface area contributed by atoms with Gasteiger partial charge in [-0.3, -0.25) is 14.5 Å². The van der Waals surface area contributed by atoms with Gasteiger partial charge < -0.3 is 19.6 Å². The van der Waals surface area contributed by atoms with E-state index in [9.17, 15) is 19.2 Å². The Morgan fingerprint density at radius 2 is 1.90 bits per heavy atom. The summed E-state index contributed by atoms with van der Waals surface area (Å²) in [6.45, 7) is 5.31. The molecule has 0 radical (unpaired) electrons. The number of esters is 1. The molecule has 1 saturated heterocycles. The monoisotopic (exact) mass is 430 g/mol. The smallest absolute Gasteiger partial charge is 0.411 e. The summed E-state index contributed by atoms with van der Waals surface area (Å²) in [4.78, 5) is 50.8. The minimum absolute atomic E-state index is 0.0168. The average molecular weight is 431 g/mol. The Labute approximate surface area is 182 Å². The molecule has 1 saturated carbocycles. The van der Waals surface area contributed by atoms with Crippen molar-refractivity contribution in [2.24, 2.45) is 5.92 Å².